The molecule has 2 aromatic carbocycles. The van der Waals surface area contributed by atoms with Crippen molar-refractivity contribution >= 4 is 44.4 Å². The zero-order valence-corrected chi connectivity index (χ0v) is 19.0. The number of hydrogen-bond acceptors (Lipinski definition) is 6. The van der Waals surface area contributed by atoms with Gasteiger partial charge in [-0.15, -0.1) is 11.8 Å². The molecule has 1 amide bonds. The lowest BCUT2D eigenvalue weighted by atomic mass is 10.2. The number of carbonyl (C=O) groups excluding carboxylic acids is 1. The average Bonchev–Trinajstić information content (AvgIpc) is 3.12. The van der Waals surface area contributed by atoms with E-state index in [1.54, 1.807) is 18.9 Å². The van der Waals surface area contributed by atoms with Crippen LogP contribution in [0.15, 0.2) is 47.4 Å². The molecule has 1 aromatic heterocycles. The molecular formula is C22H27N3O2S2. The fourth-order valence-electron chi connectivity index (χ4n) is 2.79. The summed E-state index contributed by atoms with van der Waals surface area (Å²) in [6, 6.07) is 14.2. The van der Waals surface area contributed by atoms with Crippen molar-refractivity contribution in [3.05, 3.63) is 48.0 Å². The second-order valence-corrected chi connectivity index (χ2v) is 9.27. The van der Waals surface area contributed by atoms with Gasteiger partial charge in [0.2, 0.25) is 5.91 Å². The number of benzene rings is 2. The number of anilines is 1. The molecule has 0 saturated carbocycles. The second-order valence-electron chi connectivity index (χ2n) is 7.09. The van der Waals surface area contributed by atoms with Gasteiger partial charge < -0.3 is 9.64 Å². The fourth-order valence-corrected chi connectivity index (χ4v) is 4.67. The number of likely N-dealkylation sites (N-methyl/N-ethyl adjacent to an activating group) is 1. The summed E-state index contributed by atoms with van der Waals surface area (Å²) in [5, 5.41) is 0.750. The molecule has 7 heteroatoms. The van der Waals surface area contributed by atoms with Crippen molar-refractivity contribution in [2.24, 2.45) is 0 Å². The minimum Gasteiger partial charge on any atom is -0.497 e. The van der Waals surface area contributed by atoms with Crippen LogP contribution in [0, 0.1) is 6.92 Å². The molecule has 0 aliphatic rings. The molecule has 0 unspecified atom stereocenters. The maximum Gasteiger partial charge on any atom is 0.229 e. The number of hydrogen-bond donors (Lipinski definition) is 0. The average molecular weight is 430 g/mol. The van der Waals surface area contributed by atoms with E-state index in [1.165, 1.54) is 21.8 Å². The van der Waals surface area contributed by atoms with E-state index < -0.39 is 0 Å². The van der Waals surface area contributed by atoms with Crippen molar-refractivity contribution in [1.29, 1.82) is 0 Å². The molecule has 0 atom stereocenters. The minimum absolute atomic E-state index is 0.109. The van der Waals surface area contributed by atoms with E-state index in [2.05, 4.69) is 36.1 Å². The molecule has 0 bridgehead atoms. The van der Waals surface area contributed by atoms with E-state index >= 15 is 0 Å². The largest absolute Gasteiger partial charge is 0.497 e. The summed E-state index contributed by atoms with van der Waals surface area (Å²) < 4.78 is 6.33. The van der Waals surface area contributed by atoms with Crippen LogP contribution in [0.5, 0.6) is 5.75 Å². The molecule has 0 fully saturated rings. The molecule has 3 aromatic rings. The first kappa shape index (κ1) is 21.6. The fraction of sp³-hybridized carbons (Fsp3) is 0.364. The van der Waals surface area contributed by atoms with Crippen molar-refractivity contribution in [2.75, 3.05) is 44.9 Å². The highest BCUT2D eigenvalue weighted by molar-refractivity contribution is 7.99. The number of aromatic nitrogens is 1. The first-order valence-corrected chi connectivity index (χ1v) is 11.4. The maximum absolute atomic E-state index is 13.0. The lowest BCUT2D eigenvalue weighted by Gasteiger charge is -2.22. The summed E-state index contributed by atoms with van der Waals surface area (Å²) >= 11 is 3.25. The van der Waals surface area contributed by atoms with Crippen LogP contribution >= 0.6 is 23.1 Å². The summed E-state index contributed by atoms with van der Waals surface area (Å²) in [6.07, 6.45) is 0.477. The Kier molecular flexibility index (Phi) is 7.52. The number of nitrogens with zero attached hydrogens (tertiary/aromatic N) is 3. The van der Waals surface area contributed by atoms with Crippen molar-refractivity contribution in [3.63, 3.8) is 0 Å². The van der Waals surface area contributed by atoms with Gasteiger partial charge in [-0.05, 0) is 51.4 Å². The highest BCUT2D eigenvalue weighted by Gasteiger charge is 2.20. The highest BCUT2D eigenvalue weighted by Crippen LogP contribution is 2.32. The third-order valence-corrected chi connectivity index (χ3v) is 6.55. The molecule has 1 heterocycles. The van der Waals surface area contributed by atoms with Gasteiger partial charge in [-0.25, -0.2) is 4.98 Å². The van der Waals surface area contributed by atoms with Gasteiger partial charge in [-0.1, -0.05) is 29.0 Å². The van der Waals surface area contributed by atoms with Crippen molar-refractivity contribution in [3.8, 4) is 5.75 Å². The Bertz CT molecular complexity index is 954. The number of methoxy groups -OCH3 is 1. The summed E-state index contributed by atoms with van der Waals surface area (Å²) in [5.41, 5.74) is 2.13. The molecule has 0 saturated heterocycles. The number of amides is 1. The molecule has 5 nitrogen and oxygen atoms in total. The molecule has 29 heavy (non-hydrogen) atoms. The van der Waals surface area contributed by atoms with Gasteiger partial charge in [-0.2, -0.15) is 0 Å². The van der Waals surface area contributed by atoms with E-state index in [-0.39, 0.29) is 5.91 Å². The quantitative estimate of drug-likeness (QED) is 0.462. The van der Waals surface area contributed by atoms with Gasteiger partial charge in [0.05, 0.1) is 17.3 Å². The Morgan fingerprint density at radius 2 is 1.90 bits per heavy atom. The van der Waals surface area contributed by atoms with E-state index in [0.717, 1.165) is 33.4 Å². The van der Waals surface area contributed by atoms with Crippen LogP contribution in [-0.2, 0) is 4.79 Å². The van der Waals surface area contributed by atoms with Crippen LogP contribution < -0.4 is 9.64 Å². The van der Waals surface area contributed by atoms with Crippen LogP contribution in [-0.4, -0.2) is 55.8 Å². The predicted molar refractivity (Wildman–Crippen MR) is 124 cm³/mol. The summed E-state index contributed by atoms with van der Waals surface area (Å²) in [5.74, 6) is 1.66. The Hall–Kier alpha value is -2.09. The van der Waals surface area contributed by atoms with Crippen LogP contribution in [0.4, 0.5) is 5.13 Å². The molecular weight excluding hydrogens is 402 g/mol. The van der Waals surface area contributed by atoms with E-state index in [4.69, 9.17) is 9.72 Å². The van der Waals surface area contributed by atoms with E-state index in [0.29, 0.717) is 13.0 Å². The third-order valence-electron chi connectivity index (χ3n) is 4.49. The van der Waals surface area contributed by atoms with Gasteiger partial charge in [0.15, 0.2) is 5.13 Å². The molecule has 0 radical (unpaired) electrons. The van der Waals surface area contributed by atoms with Gasteiger partial charge in [0.25, 0.3) is 0 Å². The van der Waals surface area contributed by atoms with Crippen molar-refractivity contribution < 1.29 is 9.53 Å². The standard InChI is InChI=1S/C22H27N3O2S2/c1-16-5-8-18(9-6-16)28-14-11-21(26)25(13-12-24(2)3)22-23-19-10-7-17(27-4)15-20(19)29-22/h5-10,15H,11-14H2,1-4H3. The molecule has 3 rings (SSSR count). The monoisotopic (exact) mass is 429 g/mol. The first-order chi connectivity index (χ1) is 14.0. The minimum atomic E-state index is 0.109. The number of ether oxygens (including phenoxy) is 1. The zero-order valence-electron chi connectivity index (χ0n) is 17.3. The number of fused-ring (bicyclic) bond motifs is 1. The van der Waals surface area contributed by atoms with E-state index in [9.17, 15) is 4.79 Å². The molecule has 154 valence electrons. The molecule has 0 aliphatic carbocycles. The highest BCUT2D eigenvalue weighted by atomic mass is 32.2. The summed E-state index contributed by atoms with van der Waals surface area (Å²) in [6.45, 7) is 3.49. The maximum atomic E-state index is 13.0. The number of carbonyl (C=O) groups is 1. The van der Waals surface area contributed by atoms with Crippen molar-refractivity contribution in [1.82, 2.24) is 9.88 Å². The van der Waals surface area contributed by atoms with E-state index in [1.807, 2.05) is 37.2 Å². The van der Waals surface area contributed by atoms with Crippen LogP contribution in [0.1, 0.15) is 12.0 Å². The normalized spacial score (nSPS) is 11.2. The lowest BCUT2D eigenvalue weighted by molar-refractivity contribution is -0.118. The first-order valence-electron chi connectivity index (χ1n) is 9.55. The number of aryl methyl sites for hydroxylation is 1. The lowest BCUT2D eigenvalue weighted by Crippen LogP contribution is -2.36. The topological polar surface area (TPSA) is 45.7 Å². The Morgan fingerprint density at radius 3 is 2.59 bits per heavy atom. The SMILES string of the molecule is COc1ccc2nc(N(CCN(C)C)C(=O)CCSc3ccc(C)cc3)sc2c1. The smallest absolute Gasteiger partial charge is 0.229 e. The molecule has 0 aliphatic heterocycles. The molecule has 0 N–H and O–H groups in total. The number of thiazole rings is 1. The zero-order chi connectivity index (χ0) is 20.8. The number of rotatable bonds is 9. The van der Waals surface area contributed by atoms with Gasteiger partial charge in [0, 0.05) is 30.2 Å². The van der Waals surface area contributed by atoms with Gasteiger partial charge in [-0.3, -0.25) is 9.69 Å². The van der Waals surface area contributed by atoms with Crippen LogP contribution in [0.2, 0.25) is 0 Å². The van der Waals surface area contributed by atoms with Gasteiger partial charge in [0.1, 0.15) is 5.75 Å². The number of thioether (sulfide) groups is 1. The Morgan fingerprint density at radius 1 is 1.14 bits per heavy atom. The Labute approximate surface area is 180 Å². The molecule has 0 spiro atoms. The van der Waals surface area contributed by atoms with Crippen LogP contribution in [0.3, 0.4) is 0 Å². The van der Waals surface area contributed by atoms with Gasteiger partial charge >= 0.3 is 0 Å². The predicted octanol–water partition coefficient (Wildman–Crippen LogP) is 4.69. The summed E-state index contributed by atoms with van der Waals surface area (Å²) in [7, 11) is 5.68. The van der Waals surface area contributed by atoms with Crippen molar-refractivity contribution in [2.45, 2.75) is 18.2 Å². The summed E-state index contributed by atoms with van der Waals surface area (Å²) in [4.78, 5) is 22.8. The van der Waals surface area contributed by atoms with Crippen LogP contribution in [0.25, 0.3) is 10.2 Å². The Balaban J connectivity index is 1.71. The second kappa shape index (κ2) is 10.1. The third kappa shape index (κ3) is 5.95.